The van der Waals surface area contributed by atoms with E-state index < -0.39 is 11.5 Å². The van der Waals surface area contributed by atoms with Crippen LogP contribution in [0.4, 0.5) is 0 Å². The van der Waals surface area contributed by atoms with Crippen molar-refractivity contribution in [1.82, 2.24) is 4.90 Å². The molecule has 5 fully saturated rings. The average molecular weight is 545 g/mol. The minimum atomic E-state index is -0.479. The lowest BCUT2D eigenvalue weighted by Gasteiger charge is -2.74. The molecule has 9 rings (SSSR count). The fourth-order valence-electron chi connectivity index (χ4n) is 9.89. The highest BCUT2D eigenvalue weighted by Gasteiger charge is 2.80. The standard InChI is InChI=1S/C33H40N2O5/c1-37-33-12-11-31(16-24(33)19-38-18-22-5-3-2-4-6-22)26-15-23-9-10-25(39-20-27(34)36)29-28(23)32(31,30(33)40-29)13-14-35(26)17-21-7-8-21/h2-6,9-10,21,24,26,30H,7-8,11-20H2,1H3,(H2,34,36)/t24-,26-,30-,31?,32?,33?/m1/s1. The molecule has 0 aromatic heterocycles. The SMILES string of the molecule is COC12CCC3(C[C@@H]1COCc1ccccc1)[C@H]1Cc4ccc(OCC(N)=O)c5c4C3(CCN1CC1CC1)[C@H]2O5. The number of amides is 1. The van der Waals surface area contributed by atoms with Gasteiger partial charge < -0.3 is 24.7 Å². The first kappa shape index (κ1) is 25.1. The second kappa shape index (κ2) is 8.94. The molecule has 2 heterocycles. The number of nitrogens with zero attached hydrogens (tertiary/aromatic N) is 1. The third kappa shape index (κ3) is 3.31. The number of primary amides is 1. The number of benzene rings is 2. The summed E-state index contributed by atoms with van der Waals surface area (Å²) in [5.41, 5.74) is 8.94. The molecule has 2 aliphatic heterocycles. The zero-order valence-electron chi connectivity index (χ0n) is 23.4. The van der Waals surface area contributed by atoms with Gasteiger partial charge in [-0.2, -0.15) is 0 Å². The Balaban J connectivity index is 1.21. The van der Waals surface area contributed by atoms with E-state index in [9.17, 15) is 4.79 Å². The minimum absolute atomic E-state index is 0.101. The highest BCUT2D eigenvalue weighted by atomic mass is 16.6. The van der Waals surface area contributed by atoms with Crippen LogP contribution in [0.25, 0.3) is 0 Å². The van der Waals surface area contributed by atoms with Gasteiger partial charge in [-0.05, 0) is 74.6 Å². The maximum atomic E-state index is 11.6. The highest BCUT2D eigenvalue weighted by molar-refractivity contribution is 5.75. The lowest BCUT2D eigenvalue weighted by atomic mass is 9.35. The first-order valence-electron chi connectivity index (χ1n) is 15.2. The van der Waals surface area contributed by atoms with Crippen LogP contribution in [-0.2, 0) is 32.7 Å². The van der Waals surface area contributed by atoms with Crippen molar-refractivity contribution < 1.29 is 23.7 Å². The van der Waals surface area contributed by atoms with Gasteiger partial charge in [-0.15, -0.1) is 0 Å². The summed E-state index contributed by atoms with van der Waals surface area (Å²) in [6.07, 6.45) is 7.97. The van der Waals surface area contributed by atoms with Gasteiger partial charge in [-0.1, -0.05) is 36.4 Å². The molecule has 6 atom stereocenters. The molecule has 5 aliphatic carbocycles. The van der Waals surface area contributed by atoms with E-state index in [1.165, 1.54) is 36.1 Å². The number of hydrogen-bond donors (Lipinski definition) is 1. The molecule has 1 amide bonds. The van der Waals surface area contributed by atoms with E-state index in [-0.39, 0.29) is 29.5 Å². The third-order valence-electron chi connectivity index (χ3n) is 11.6. The summed E-state index contributed by atoms with van der Waals surface area (Å²) in [5.74, 6) is 2.09. The molecule has 2 aromatic rings. The number of nitrogens with two attached hydrogens (primary N) is 1. The highest BCUT2D eigenvalue weighted by Crippen LogP contribution is 2.76. The fourth-order valence-corrected chi connectivity index (χ4v) is 9.89. The van der Waals surface area contributed by atoms with Crippen molar-refractivity contribution in [3.63, 3.8) is 0 Å². The number of methoxy groups -OCH3 is 1. The summed E-state index contributed by atoms with van der Waals surface area (Å²) in [6.45, 7) is 3.43. The van der Waals surface area contributed by atoms with Crippen molar-refractivity contribution >= 4 is 5.91 Å². The van der Waals surface area contributed by atoms with Crippen molar-refractivity contribution in [1.29, 1.82) is 0 Å². The second-order valence-corrected chi connectivity index (χ2v) is 13.3. The van der Waals surface area contributed by atoms with E-state index in [0.717, 1.165) is 50.3 Å². The largest absolute Gasteiger partial charge is 0.482 e. The van der Waals surface area contributed by atoms with Crippen LogP contribution in [0, 0.1) is 17.3 Å². The van der Waals surface area contributed by atoms with Gasteiger partial charge in [0, 0.05) is 42.0 Å². The summed E-state index contributed by atoms with van der Waals surface area (Å²) < 4.78 is 26.2. The van der Waals surface area contributed by atoms with E-state index in [2.05, 4.69) is 35.2 Å². The molecule has 7 nitrogen and oxygen atoms in total. The first-order valence-corrected chi connectivity index (χ1v) is 15.2. The van der Waals surface area contributed by atoms with E-state index in [0.29, 0.717) is 25.0 Å². The first-order chi connectivity index (χ1) is 19.5. The molecule has 4 bridgehead atoms. The van der Waals surface area contributed by atoms with E-state index in [4.69, 9.17) is 24.7 Å². The maximum absolute atomic E-state index is 11.6. The predicted octanol–water partition coefficient (Wildman–Crippen LogP) is 3.99. The van der Waals surface area contributed by atoms with Crippen molar-refractivity contribution in [2.24, 2.45) is 23.0 Å². The number of carbonyl (C=O) groups is 1. The van der Waals surface area contributed by atoms with Crippen molar-refractivity contribution in [3.05, 3.63) is 59.2 Å². The van der Waals surface area contributed by atoms with Crippen molar-refractivity contribution in [2.75, 3.05) is 33.4 Å². The number of carbonyl (C=O) groups excluding carboxylic acids is 1. The van der Waals surface area contributed by atoms with Crippen LogP contribution in [0.2, 0.25) is 0 Å². The molecular weight excluding hydrogens is 504 g/mol. The molecule has 7 heteroatoms. The summed E-state index contributed by atoms with van der Waals surface area (Å²) in [6, 6.07) is 15.1. The molecular formula is C33H40N2O5. The monoisotopic (exact) mass is 544 g/mol. The van der Waals surface area contributed by atoms with Crippen LogP contribution >= 0.6 is 0 Å². The zero-order chi connectivity index (χ0) is 27.1. The molecule has 3 unspecified atom stereocenters. The number of ether oxygens (including phenoxy) is 4. The van der Waals surface area contributed by atoms with Gasteiger partial charge in [0.1, 0.15) is 11.7 Å². The van der Waals surface area contributed by atoms with Crippen LogP contribution in [0.5, 0.6) is 11.5 Å². The van der Waals surface area contributed by atoms with Crippen molar-refractivity contribution in [3.8, 4) is 11.5 Å². The normalized spacial score (nSPS) is 36.7. The Kier molecular flexibility index (Phi) is 5.62. The van der Waals surface area contributed by atoms with Gasteiger partial charge in [0.25, 0.3) is 5.91 Å². The van der Waals surface area contributed by atoms with Crippen LogP contribution in [-0.4, -0.2) is 62.0 Å². The van der Waals surface area contributed by atoms with E-state index in [1.807, 2.05) is 19.2 Å². The molecule has 1 saturated heterocycles. The third-order valence-corrected chi connectivity index (χ3v) is 11.6. The zero-order valence-corrected chi connectivity index (χ0v) is 23.4. The number of rotatable bonds is 10. The van der Waals surface area contributed by atoms with Gasteiger partial charge in [0.15, 0.2) is 18.1 Å². The minimum Gasteiger partial charge on any atom is -0.482 e. The van der Waals surface area contributed by atoms with E-state index >= 15 is 0 Å². The van der Waals surface area contributed by atoms with Gasteiger partial charge in [-0.3, -0.25) is 9.69 Å². The summed E-state index contributed by atoms with van der Waals surface area (Å²) in [7, 11) is 1.87. The Morgan fingerprint density at radius 1 is 1.12 bits per heavy atom. The Bertz CT molecular complexity index is 1330. The van der Waals surface area contributed by atoms with Crippen LogP contribution in [0.1, 0.15) is 55.2 Å². The molecule has 2 spiro atoms. The quantitative estimate of drug-likeness (QED) is 0.487. The molecule has 4 saturated carbocycles. The van der Waals surface area contributed by atoms with Crippen LogP contribution in [0.15, 0.2) is 42.5 Å². The Hall–Kier alpha value is -2.61. The Morgan fingerprint density at radius 2 is 1.98 bits per heavy atom. The number of piperidine rings is 1. The topological polar surface area (TPSA) is 83.2 Å². The molecule has 212 valence electrons. The molecule has 2 aromatic carbocycles. The van der Waals surface area contributed by atoms with Crippen molar-refractivity contribution in [2.45, 2.75) is 74.7 Å². The smallest absolute Gasteiger partial charge is 0.255 e. The van der Waals surface area contributed by atoms with Gasteiger partial charge in [0.05, 0.1) is 13.2 Å². The number of fused-ring (bicyclic) bond motifs is 2. The molecule has 0 radical (unpaired) electrons. The van der Waals surface area contributed by atoms with Crippen LogP contribution in [0.3, 0.4) is 0 Å². The Morgan fingerprint density at radius 3 is 2.75 bits per heavy atom. The predicted molar refractivity (Wildman–Crippen MR) is 149 cm³/mol. The fraction of sp³-hybridized carbons (Fsp3) is 0.606. The number of likely N-dealkylation sites (tertiary alicyclic amines) is 1. The summed E-state index contributed by atoms with van der Waals surface area (Å²) >= 11 is 0. The van der Waals surface area contributed by atoms with Gasteiger partial charge in [0.2, 0.25) is 0 Å². The summed E-state index contributed by atoms with van der Waals surface area (Å²) in [5, 5.41) is 0. The lowest BCUT2D eigenvalue weighted by molar-refractivity contribution is -0.283. The van der Waals surface area contributed by atoms with Gasteiger partial charge >= 0.3 is 0 Å². The molecule has 2 N–H and O–H groups in total. The molecule has 7 aliphatic rings. The van der Waals surface area contributed by atoms with Gasteiger partial charge in [-0.25, -0.2) is 0 Å². The second-order valence-electron chi connectivity index (χ2n) is 13.3. The maximum Gasteiger partial charge on any atom is 0.255 e. The van der Waals surface area contributed by atoms with Crippen LogP contribution < -0.4 is 15.2 Å². The molecule has 40 heavy (non-hydrogen) atoms. The number of hydrogen-bond acceptors (Lipinski definition) is 6. The summed E-state index contributed by atoms with van der Waals surface area (Å²) in [4.78, 5) is 14.5. The Labute approximate surface area is 236 Å². The lowest BCUT2D eigenvalue weighted by Crippen LogP contribution is -2.81. The average Bonchev–Trinajstić information content (AvgIpc) is 3.71. The van der Waals surface area contributed by atoms with E-state index in [1.54, 1.807) is 0 Å².